The summed E-state index contributed by atoms with van der Waals surface area (Å²) >= 11 is 3.76. The molecule has 0 aromatic heterocycles. The van der Waals surface area contributed by atoms with E-state index in [1.807, 2.05) is 18.7 Å². The molecule has 0 aliphatic carbocycles. The fourth-order valence-corrected chi connectivity index (χ4v) is 7.73. The molecule has 1 N–H and O–H groups in total. The summed E-state index contributed by atoms with van der Waals surface area (Å²) in [6.07, 6.45) is 8.10. The highest BCUT2D eigenvalue weighted by Crippen LogP contribution is 2.60. The lowest BCUT2D eigenvalue weighted by Crippen LogP contribution is -2.58. The van der Waals surface area contributed by atoms with Crippen LogP contribution < -0.4 is 0 Å². The third kappa shape index (κ3) is 5.61. The molecule has 1 spiro atoms. The number of ether oxygens (including phenoxy) is 1. The lowest BCUT2D eigenvalue weighted by molar-refractivity contribution is -0.150. The average Bonchev–Trinajstić information content (AvgIpc) is 3.47. The first-order chi connectivity index (χ1) is 18.2. The number of amides is 3. The number of halogens is 1. The second-order valence-corrected chi connectivity index (χ2v) is 12.1. The smallest absolute Gasteiger partial charge is 0.248 e. The summed E-state index contributed by atoms with van der Waals surface area (Å²) in [6, 6.07) is -0.814. The highest BCUT2D eigenvalue weighted by molar-refractivity contribution is 9.09. The van der Waals surface area contributed by atoms with Gasteiger partial charge in [0.1, 0.15) is 11.6 Å². The normalized spacial score (nSPS) is 30.3. The maximum Gasteiger partial charge on any atom is 0.248 e. The van der Waals surface area contributed by atoms with Crippen LogP contribution in [0.3, 0.4) is 0 Å². The predicted molar refractivity (Wildman–Crippen MR) is 152 cm³/mol. The zero-order valence-corrected chi connectivity index (χ0v) is 24.9. The molecule has 38 heavy (non-hydrogen) atoms. The van der Waals surface area contributed by atoms with Gasteiger partial charge < -0.3 is 24.5 Å². The Bertz CT molecular complexity index is 884. The van der Waals surface area contributed by atoms with Crippen LogP contribution in [0.1, 0.15) is 65.7 Å². The van der Waals surface area contributed by atoms with Crippen molar-refractivity contribution in [3.05, 3.63) is 25.3 Å². The Hall–Kier alpha value is -1.71. The predicted octanol–water partition coefficient (Wildman–Crippen LogP) is 3.52. The van der Waals surface area contributed by atoms with Crippen LogP contribution in [0.4, 0.5) is 0 Å². The number of aliphatic hydroxyl groups excluding tert-OH is 1. The van der Waals surface area contributed by atoms with Crippen molar-refractivity contribution in [2.45, 2.75) is 94.3 Å². The third-order valence-electron chi connectivity index (χ3n) is 8.37. The zero-order valence-electron chi connectivity index (χ0n) is 23.3. The molecule has 3 fully saturated rings. The Morgan fingerprint density at radius 2 is 1.89 bits per heavy atom. The van der Waals surface area contributed by atoms with Crippen LogP contribution in [-0.2, 0) is 19.1 Å². The third-order valence-corrected chi connectivity index (χ3v) is 9.21. The van der Waals surface area contributed by atoms with Crippen LogP contribution in [-0.4, -0.2) is 98.9 Å². The summed E-state index contributed by atoms with van der Waals surface area (Å²) < 4.78 is 6.67. The van der Waals surface area contributed by atoms with E-state index in [9.17, 15) is 19.5 Å². The van der Waals surface area contributed by atoms with Crippen molar-refractivity contribution in [2.24, 2.45) is 11.8 Å². The van der Waals surface area contributed by atoms with E-state index < -0.39 is 29.6 Å². The highest BCUT2D eigenvalue weighted by atomic mass is 79.9. The first-order valence-electron chi connectivity index (χ1n) is 14.3. The summed E-state index contributed by atoms with van der Waals surface area (Å²) in [5.74, 6) is -1.74. The number of carbonyl (C=O) groups excluding carboxylic acids is 3. The van der Waals surface area contributed by atoms with Gasteiger partial charge in [-0.25, -0.2) is 0 Å². The van der Waals surface area contributed by atoms with Gasteiger partial charge in [-0.05, 0) is 45.4 Å². The maximum absolute atomic E-state index is 14.4. The van der Waals surface area contributed by atoms with E-state index in [2.05, 4.69) is 36.0 Å². The molecule has 214 valence electrons. The fourth-order valence-electron chi connectivity index (χ4n) is 6.79. The molecule has 3 amide bonds. The van der Waals surface area contributed by atoms with Gasteiger partial charge >= 0.3 is 0 Å². The van der Waals surface area contributed by atoms with Gasteiger partial charge in [0, 0.05) is 43.7 Å². The summed E-state index contributed by atoms with van der Waals surface area (Å²) in [4.78, 5) is 47.6. The molecule has 3 rings (SSSR count). The molecule has 9 heteroatoms. The number of hydrogen-bond acceptors (Lipinski definition) is 5. The number of rotatable bonds is 16. The Kier molecular flexibility index (Phi) is 11.0. The molecule has 0 radical (unpaired) electrons. The molecule has 7 atom stereocenters. The van der Waals surface area contributed by atoms with Crippen molar-refractivity contribution in [1.82, 2.24) is 14.7 Å². The minimum atomic E-state index is -1.05. The molecular formula is C29H46BrN3O5. The average molecular weight is 597 g/mol. The van der Waals surface area contributed by atoms with Crippen molar-refractivity contribution >= 4 is 33.7 Å². The van der Waals surface area contributed by atoms with E-state index in [0.29, 0.717) is 45.4 Å². The molecule has 8 nitrogen and oxygen atoms in total. The molecule has 0 saturated carbocycles. The lowest BCUT2D eigenvalue weighted by Gasteiger charge is -2.39. The van der Waals surface area contributed by atoms with E-state index in [1.54, 1.807) is 22.0 Å². The van der Waals surface area contributed by atoms with Crippen molar-refractivity contribution in [2.75, 3.05) is 32.8 Å². The molecule has 2 bridgehead atoms. The van der Waals surface area contributed by atoms with E-state index in [0.717, 1.165) is 25.7 Å². The number of carbonyl (C=O) groups is 3. The van der Waals surface area contributed by atoms with Crippen molar-refractivity contribution in [3.63, 3.8) is 0 Å². The quantitative estimate of drug-likeness (QED) is 0.167. The van der Waals surface area contributed by atoms with Gasteiger partial charge in [0.25, 0.3) is 0 Å². The topological polar surface area (TPSA) is 90.4 Å². The number of alkyl halides is 1. The van der Waals surface area contributed by atoms with E-state index >= 15 is 0 Å². The molecule has 3 aliphatic heterocycles. The SMILES string of the molecule is C=CCN(CCC)C(=O)[C@H]1[C@@H]2OC3(CC2Br)C(C(=O)N(CC=C)C(C)CCC)N(CCCCCO)C(=O)[C@H]13. The van der Waals surface area contributed by atoms with E-state index in [-0.39, 0.29) is 35.2 Å². The number of hydrogen-bond donors (Lipinski definition) is 1. The summed E-state index contributed by atoms with van der Waals surface area (Å²) in [7, 11) is 0. The largest absolute Gasteiger partial charge is 0.396 e. The standard InChI is InChI=1S/C29H46BrN3O5/c1-6-13-20(5)32(16-9-4)28(37)25-29-19-21(30)24(38-29)22(26(35)31(14-7-2)15-8-3)23(29)27(36)33(25)17-11-10-12-18-34/h7,9,20-25,34H,2,4,6,8,10-19H2,1,3,5H3/t20?,21?,22-,23+,24-,25?,29?/m1/s1. The molecule has 4 unspecified atom stereocenters. The summed E-state index contributed by atoms with van der Waals surface area (Å²) in [5.41, 5.74) is -1.05. The monoisotopic (exact) mass is 595 g/mol. The van der Waals surface area contributed by atoms with Gasteiger partial charge in [-0.3, -0.25) is 14.4 Å². The molecular weight excluding hydrogens is 550 g/mol. The molecule has 0 aromatic carbocycles. The summed E-state index contributed by atoms with van der Waals surface area (Å²) in [5, 5.41) is 9.25. The Morgan fingerprint density at radius 3 is 2.50 bits per heavy atom. The number of unbranched alkanes of at least 4 members (excludes halogenated alkanes) is 2. The number of aliphatic hydroxyl groups is 1. The number of nitrogens with zero attached hydrogens (tertiary/aromatic N) is 3. The second kappa shape index (κ2) is 13.6. The van der Waals surface area contributed by atoms with Gasteiger partial charge in [-0.1, -0.05) is 48.4 Å². The van der Waals surface area contributed by atoms with E-state index in [1.165, 1.54) is 0 Å². The molecule has 3 heterocycles. The highest BCUT2D eigenvalue weighted by Gasteiger charge is 2.76. The molecule has 3 aliphatic rings. The van der Waals surface area contributed by atoms with Crippen molar-refractivity contribution in [3.8, 4) is 0 Å². The van der Waals surface area contributed by atoms with E-state index in [4.69, 9.17) is 4.74 Å². The minimum Gasteiger partial charge on any atom is -0.396 e. The second-order valence-electron chi connectivity index (χ2n) is 11.0. The fraction of sp³-hybridized carbons (Fsp3) is 0.759. The minimum absolute atomic E-state index is 0.0178. The number of fused-ring (bicyclic) bond motifs is 1. The Labute approximate surface area is 236 Å². The lowest BCUT2D eigenvalue weighted by atomic mass is 9.70. The Morgan fingerprint density at radius 1 is 1.18 bits per heavy atom. The van der Waals surface area contributed by atoms with Crippen LogP contribution in [0.2, 0.25) is 0 Å². The van der Waals surface area contributed by atoms with Gasteiger partial charge in [0.2, 0.25) is 17.7 Å². The van der Waals surface area contributed by atoms with Gasteiger partial charge in [0.05, 0.1) is 17.9 Å². The van der Waals surface area contributed by atoms with Crippen LogP contribution in [0.25, 0.3) is 0 Å². The molecule has 3 saturated heterocycles. The maximum atomic E-state index is 14.4. The first-order valence-corrected chi connectivity index (χ1v) is 15.2. The first kappa shape index (κ1) is 30.8. The molecule has 0 aromatic rings. The van der Waals surface area contributed by atoms with Crippen LogP contribution in [0.15, 0.2) is 25.3 Å². The van der Waals surface area contributed by atoms with Gasteiger partial charge in [0.15, 0.2) is 0 Å². The van der Waals surface area contributed by atoms with Crippen LogP contribution in [0.5, 0.6) is 0 Å². The van der Waals surface area contributed by atoms with Crippen LogP contribution >= 0.6 is 15.9 Å². The van der Waals surface area contributed by atoms with Gasteiger partial charge in [-0.15, -0.1) is 13.2 Å². The zero-order chi connectivity index (χ0) is 28.0. The number of likely N-dealkylation sites (tertiary alicyclic amines) is 1. The van der Waals surface area contributed by atoms with Crippen molar-refractivity contribution < 1.29 is 24.2 Å². The Balaban J connectivity index is 2.04. The van der Waals surface area contributed by atoms with Crippen molar-refractivity contribution in [1.29, 1.82) is 0 Å². The summed E-state index contributed by atoms with van der Waals surface area (Å²) in [6.45, 7) is 15.7. The van der Waals surface area contributed by atoms with Gasteiger partial charge in [-0.2, -0.15) is 0 Å². The van der Waals surface area contributed by atoms with Crippen LogP contribution in [0, 0.1) is 11.8 Å².